The molecule has 0 radical (unpaired) electrons. The molecule has 0 spiro atoms. The van der Waals surface area contributed by atoms with E-state index < -0.39 is 12.2 Å². The summed E-state index contributed by atoms with van der Waals surface area (Å²) in [4.78, 5) is 75.2. The van der Waals surface area contributed by atoms with E-state index >= 15 is 0 Å². The first-order chi connectivity index (χ1) is 35.9. The Hall–Kier alpha value is -6.82. The van der Waals surface area contributed by atoms with Gasteiger partial charge in [0.2, 0.25) is 5.91 Å². The molecule has 4 aliphatic heterocycles. The minimum atomic E-state index is -0.649. The molecule has 3 fully saturated rings. The fourth-order valence-electron chi connectivity index (χ4n) is 13.3. The van der Waals surface area contributed by atoms with Gasteiger partial charge in [-0.25, -0.2) is 9.97 Å². The molecule has 1 saturated carbocycles. The molecule has 0 bridgehead atoms. The van der Waals surface area contributed by atoms with Gasteiger partial charge in [0.25, 0.3) is 17.4 Å². The monoisotopic (exact) mass is 1020 g/mol. The number of carbonyl (C=O) groups is 3. The highest BCUT2D eigenvalue weighted by atomic mass is 16.3. The number of rotatable bonds is 11. The summed E-state index contributed by atoms with van der Waals surface area (Å²) in [6.45, 7) is 19.2. The van der Waals surface area contributed by atoms with Crippen molar-refractivity contribution in [3.05, 3.63) is 118 Å². The maximum Gasteiger partial charge on any atom is 0.293 e. The van der Waals surface area contributed by atoms with Crippen LogP contribution in [0.4, 0.5) is 34.4 Å². The Labute approximate surface area is 438 Å². The average molecular weight is 1020 g/mol. The fourth-order valence-corrected chi connectivity index (χ4v) is 13.3. The zero-order chi connectivity index (χ0) is 52.7. The second kappa shape index (κ2) is 19.4. The molecule has 5 aromatic rings. The van der Waals surface area contributed by atoms with Gasteiger partial charge in [0, 0.05) is 129 Å². The predicted octanol–water partition coefficient (Wildman–Crippen LogP) is 7.01. The number of aliphatic hydroxyl groups excluding tert-OH is 1. The molecule has 3 amide bonds. The number of hydrogen-bond acceptors (Lipinski definition) is 12. The van der Waals surface area contributed by atoms with Crippen molar-refractivity contribution < 1.29 is 24.6 Å². The Morgan fingerprint density at radius 3 is 2.40 bits per heavy atom. The van der Waals surface area contributed by atoms with Crippen LogP contribution in [0.25, 0.3) is 11.3 Å². The maximum absolute atomic E-state index is 14.1. The molecule has 17 nitrogen and oxygen atoms in total. The Kier molecular flexibility index (Phi) is 13.0. The summed E-state index contributed by atoms with van der Waals surface area (Å²) in [6.07, 6.45) is 11.4. The van der Waals surface area contributed by atoms with Crippen LogP contribution in [0.2, 0.25) is 0 Å². The quantitative estimate of drug-likeness (QED) is 0.0995. The maximum atomic E-state index is 14.1. The van der Waals surface area contributed by atoms with Crippen molar-refractivity contribution in [2.24, 2.45) is 12.5 Å². The van der Waals surface area contributed by atoms with Crippen LogP contribution in [-0.2, 0) is 44.4 Å². The van der Waals surface area contributed by atoms with E-state index in [1.165, 1.54) is 27.6 Å². The van der Waals surface area contributed by atoms with E-state index in [0.717, 1.165) is 81.5 Å². The molecule has 17 heteroatoms. The number of carbonyl (C=O) groups excluding carboxylic acids is 3. The highest BCUT2D eigenvalue weighted by Gasteiger charge is 2.42. The topological polar surface area (TPSA) is 185 Å². The van der Waals surface area contributed by atoms with Crippen LogP contribution in [-0.4, -0.2) is 119 Å². The lowest BCUT2D eigenvalue weighted by Crippen LogP contribution is -2.58. The fraction of sp³-hybridized carbons (Fsp3) is 0.483. The van der Waals surface area contributed by atoms with Crippen LogP contribution < -0.4 is 30.9 Å². The smallest absolute Gasteiger partial charge is 0.293 e. The molecule has 2 saturated heterocycles. The molecule has 1 unspecified atom stereocenters. The van der Waals surface area contributed by atoms with Crippen LogP contribution in [0.3, 0.4) is 0 Å². The number of aromatic nitrogens is 4. The third-order valence-electron chi connectivity index (χ3n) is 17.2. The van der Waals surface area contributed by atoms with Crippen molar-refractivity contribution in [1.29, 1.82) is 0 Å². The molecule has 3 aromatic heterocycles. The molecule has 75 heavy (non-hydrogen) atoms. The largest absolute Gasteiger partial charge is 0.392 e. The van der Waals surface area contributed by atoms with Crippen LogP contribution in [0.1, 0.15) is 116 Å². The number of fused-ring (bicyclic) bond motifs is 4. The van der Waals surface area contributed by atoms with Gasteiger partial charge in [0.1, 0.15) is 11.5 Å². The van der Waals surface area contributed by atoms with Crippen LogP contribution in [0, 0.1) is 5.41 Å². The molecule has 11 rings (SSSR count). The number of aliphatic hydroxyl groups is 2. The zero-order valence-corrected chi connectivity index (χ0v) is 44.2. The summed E-state index contributed by atoms with van der Waals surface area (Å²) in [6, 6.07) is 16.5. The number of amides is 3. The van der Waals surface area contributed by atoms with E-state index in [-0.39, 0.29) is 52.6 Å². The Bertz CT molecular complexity index is 3170. The van der Waals surface area contributed by atoms with Gasteiger partial charge in [0.05, 0.1) is 29.3 Å². The molecule has 3 atom stereocenters. The Morgan fingerprint density at radius 2 is 1.65 bits per heavy atom. The van der Waals surface area contributed by atoms with Gasteiger partial charge in [-0.2, -0.15) is 0 Å². The summed E-state index contributed by atoms with van der Waals surface area (Å²) in [7, 11) is 1.64. The minimum Gasteiger partial charge on any atom is -0.392 e. The summed E-state index contributed by atoms with van der Waals surface area (Å²) in [5.41, 5.74) is 8.64. The summed E-state index contributed by atoms with van der Waals surface area (Å²) < 4.78 is 3.58. The second-order valence-corrected chi connectivity index (χ2v) is 23.1. The third kappa shape index (κ3) is 9.30. The number of hydrogen-bond donors (Lipinski definition) is 4. The molecule has 2 aliphatic carbocycles. The van der Waals surface area contributed by atoms with Crippen molar-refractivity contribution in [3.8, 4) is 11.3 Å². The normalized spacial score (nSPS) is 24.5. The summed E-state index contributed by atoms with van der Waals surface area (Å²) in [5, 5.41) is 27.7. The molecule has 4 N–H and O–H groups in total. The van der Waals surface area contributed by atoms with Crippen LogP contribution in [0.15, 0.2) is 78.4 Å². The lowest BCUT2D eigenvalue weighted by molar-refractivity contribution is -0.111. The second-order valence-electron chi connectivity index (χ2n) is 23.1. The number of piperazine rings is 1. The molecule has 394 valence electrons. The zero-order valence-electron chi connectivity index (χ0n) is 44.2. The predicted molar refractivity (Wildman–Crippen MR) is 292 cm³/mol. The number of pyridine rings is 1. The van der Waals surface area contributed by atoms with Crippen LogP contribution >= 0.6 is 0 Å². The minimum absolute atomic E-state index is 0.0418. The molecular formula is C58H71N11O6. The SMILES string of the molecule is C=CC(=O)Nc1cc(Nc2nc(-c3ccnc(N4CCn5c(cc6c5CC(C)(C)C6)C4=O)c3CO)cn(C)c2=O)ccc1N1CCN(C2CCN(c3cccc4c3CN(C3CCC(C)(O)CC3)C4=O)[C@H](C)C2)C[C@@H]1C. The first kappa shape index (κ1) is 50.3. The third-order valence-corrected chi connectivity index (χ3v) is 17.2. The number of anilines is 6. The van der Waals surface area contributed by atoms with E-state index in [2.05, 4.69) is 80.1 Å². The van der Waals surface area contributed by atoms with Gasteiger partial charge < -0.3 is 44.7 Å². The number of nitrogens with one attached hydrogen (secondary N) is 2. The van der Waals surface area contributed by atoms with E-state index in [4.69, 9.17) is 4.98 Å². The van der Waals surface area contributed by atoms with E-state index in [1.54, 1.807) is 30.4 Å². The van der Waals surface area contributed by atoms with Gasteiger partial charge in [-0.05, 0) is 132 Å². The van der Waals surface area contributed by atoms with Crippen molar-refractivity contribution in [3.63, 3.8) is 0 Å². The average Bonchev–Trinajstić information content (AvgIpc) is 4.02. The van der Waals surface area contributed by atoms with Gasteiger partial charge >= 0.3 is 0 Å². The van der Waals surface area contributed by atoms with E-state index in [1.807, 2.05) is 43.3 Å². The highest BCUT2D eigenvalue weighted by molar-refractivity contribution is 6.06. The first-order valence-corrected chi connectivity index (χ1v) is 26.9. The summed E-state index contributed by atoms with van der Waals surface area (Å²) in [5.74, 6) is -0.0123. The van der Waals surface area contributed by atoms with Gasteiger partial charge in [-0.1, -0.05) is 26.5 Å². The number of benzene rings is 2. The number of aryl methyl sites for hydroxylation is 1. The van der Waals surface area contributed by atoms with Gasteiger partial charge in [-0.15, -0.1) is 0 Å². The molecular weight excluding hydrogens is 947 g/mol. The van der Waals surface area contributed by atoms with E-state index in [0.29, 0.717) is 78.2 Å². The van der Waals surface area contributed by atoms with E-state index in [9.17, 15) is 29.4 Å². The molecule has 7 heterocycles. The standard InChI is InChI=1S/C58H71N11O6/c1-8-51(71)61-45-28-38(60-52-56(74)63(7)33-46(62-52)41-16-20-59-53(44(41)34-70)68-25-24-67-49(55(68)73)27-37-29-57(4,5)30-50(37)67)12-13-48(45)66-23-22-64(31-36(66)3)40-17-21-65(35(2)26-40)47-11-9-10-42-43(47)32-69(54(42)72)39-14-18-58(6,75)19-15-39/h8-13,16,20,27-28,33,35-36,39-40,70,75H,1,14-15,17-19,21-26,29-32,34H2,2-7H3,(H,60,62)(H,61,71)/t35-,36+,39?,40?,58?/m1/s1. The lowest BCUT2D eigenvalue weighted by Gasteiger charge is -2.48. The van der Waals surface area contributed by atoms with Gasteiger partial charge in [0.15, 0.2) is 5.82 Å². The molecule has 2 aromatic carbocycles. The Morgan fingerprint density at radius 1 is 0.867 bits per heavy atom. The van der Waals surface area contributed by atoms with Crippen molar-refractivity contribution in [2.75, 3.05) is 58.1 Å². The molecule has 6 aliphatic rings. The number of piperidine rings is 1. The van der Waals surface area contributed by atoms with Gasteiger partial charge in [-0.3, -0.25) is 29.0 Å². The highest BCUT2D eigenvalue weighted by Crippen LogP contribution is 2.43. The first-order valence-electron chi connectivity index (χ1n) is 26.9. The van der Waals surface area contributed by atoms with Crippen molar-refractivity contribution in [2.45, 2.75) is 135 Å². The van der Waals surface area contributed by atoms with Crippen LogP contribution in [0.5, 0.6) is 0 Å². The Balaban J connectivity index is 0.778. The number of nitrogens with zero attached hydrogens (tertiary/aromatic N) is 9. The van der Waals surface area contributed by atoms with Crippen molar-refractivity contribution in [1.82, 2.24) is 28.9 Å². The summed E-state index contributed by atoms with van der Waals surface area (Å²) >= 11 is 0. The lowest BCUT2D eigenvalue weighted by atomic mass is 9.83. The van der Waals surface area contributed by atoms with Crippen molar-refractivity contribution >= 4 is 52.1 Å².